The average molecular weight is 202 g/mol. The molecule has 3 rings (SSSR count). The van der Waals surface area contributed by atoms with Gasteiger partial charge in [0, 0.05) is 5.54 Å². The molecule has 0 saturated heterocycles. The quantitative estimate of drug-likeness (QED) is 0.641. The van der Waals surface area contributed by atoms with Crippen molar-refractivity contribution < 1.29 is 0 Å². The predicted octanol–water partition coefficient (Wildman–Crippen LogP) is 2.58. The largest absolute Gasteiger partial charge is 0.324 e. The number of nitrogens with two attached hydrogens (primary N) is 1. The summed E-state index contributed by atoms with van der Waals surface area (Å²) in [6.07, 6.45) is 7.21. The molecule has 0 aromatic rings. The second-order valence-electron chi connectivity index (χ2n) is 5.35. The molecule has 3 fully saturated rings. The SMILES string of the molecule is CC1CCC2C3CCC(C3)C12N.Cl. The van der Waals surface area contributed by atoms with E-state index in [1.165, 1.54) is 32.1 Å². The fourth-order valence-electron chi connectivity index (χ4n) is 4.48. The van der Waals surface area contributed by atoms with E-state index in [4.69, 9.17) is 5.73 Å². The van der Waals surface area contributed by atoms with Crippen LogP contribution in [0.5, 0.6) is 0 Å². The molecule has 1 nitrogen and oxygen atoms in total. The molecule has 0 radical (unpaired) electrons. The van der Waals surface area contributed by atoms with Gasteiger partial charge in [0.15, 0.2) is 0 Å². The molecule has 5 atom stereocenters. The highest BCUT2D eigenvalue weighted by atomic mass is 35.5. The fourth-order valence-corrected chi connectivity index (χ4v) is 4.48. The second-order valence-corrected chi connectivity index (χ2v) is 5.35. The van der Waals surface area contributed by atoms with Crippen LogP contribution in [-0.4, -0.2) is 5.54 Å². The summed E-state index contributed by atoms with van der Waals surface area (Å²) in [5.41, 5.74) is 6.87. The first-order chi connectivity index (χ1) is 5.73. The lowest BCUT2D eigenvalue weighted by Crippen LogP contribution is -2.52. The second kappa shape index (κ2) is 2.87. The van der Waals surface area contributed by atoms with Crippen LogP contribution in [0.25, 0.3) is 0 Å². The van der Waals surface area contributed by atoms with E-state index < -0.39 is 0 Å². The van der Waals surface area contributed by atoms with Gasteiger partial charge in [0.25, 0.3) is 0 Å². The van der Waals surface area contributed by atoms with Crippen molar-refractivity contribution >= 4 is 12.4 Å². The maximum absolute atomic E-state index is 6.59. The Morgan fingerprint density at radius 1 is 1.15 bits per heavy atom. The first-order valence-corrected chi connectivity index (χ1v) is 5.51. The number of hydrogen-bond donors (Lipinski definition) is 1. The molecule has 2 N–H and O–H groups in total. The Labute approximate surface area is 86.9 Å². The van der Waals surface area contributed by atoms with E-state index in [1.54, 1.807) is 0 Å². The Morgan fingerprint density at radius 3 is 2.62 bits per heavy atom. The third-order valence-corrected chi connectivity index (χ3v) is 5.16. The normalized spacial score (nSPS) is 57.7. The maximum Gasteiger partial charge on any atom is 0.0240 e. The van der Waals surface area contributed by atoms with Crippen LogP contribution in [0.1, 0.15) is 39.0 Å². The van der Waals surface area contributed by atoms with Crippen molar-refractivity contribution in [2.24, 2.45) is 29.4 Å². The van der Waals surface area contributed by atoms with Gasteiger partial charge in [-0.15, -0.1) is 12.4 Å². The number of halogens is 1. The van der Waals surface area contributed by atoms with E-state index in [-0.39, 0.29) is 17.9 Å². The molecule has 13 heavy (non-hydrogen) atoms. The summed E-state index contributed by atoms with van der Waals surface area (Å²) in [6, 6.07) is 0. The van der Waals surface area contributed by atoms with Crippen molar-refractivity contribution in [2.45, 2.75) is 44.6 Å². The minimum Gasteiger partial charge on any atom is -0.324 e. The molecule has 0 amide bonds. The molecule has 5 unspecified atom stereocenters. The molecule has 0 spiro atoms. The van der Waals surface area contributed by atoms with Gasteiger partial charge in [0.05, 0.1) is 0 Å². The van der Waals surface area contributed by atoms with E-state index in [2.05, 4.69) is 6.92 Å². The summed E-state index contributed by atoms with van der Waals surface area (Å²) in [5, 5.41) is 0. The van der Waals surface area contributed by atoms with E-state index in [9.17, 15) is 0 Å². The Kier molecular flexibility index (Phi) is 2.16. The van der Waals surface area contributed by atoms with Gasteiger partial charge in [-0.05, 0) is 55.8 Å². The van der Waals surface area contributed by atoms with E-state index >= 15 is 0 Å². The summed E-state index contributed by atoms with van der Waals surface area (Å²) in [7, 11) is 0. The minimum absolute atomic E-state index is 0. The van der Waals surface area contributed by atoms with E-state index in [1.807, 2.05) is 0 Å². The summed E-state index contributed by atoms with van der Waals surface area (Å²) in [4.78, 5) is 0. The Bertz CT molecular complexity index is 218. The number of rotatable bonds is 0. The Hall–Kier alpha value is 0.250. The zero-order chi connectivity index (χ0) is 8.34. The highest BCUT2D eigenvalue weighted by molar-refractivity contribution is 5.85. The third-order valence-electron chi connectivity index (χ3n) is 5.16. The van der Waals surface area contributed by atoms with Crippen LogP contribution in [0, 0.1) is 23.7 Å². The lowest BCUT2D eigenvalue weighted by Gasteiger charge is -2.39. The lowest BCUT2D eigenvalue weighted by atomic mass is 9.72. The molecule has 0 heterocycles. The first kappa shape index (κ1) is 9.79. The van der Waals surface area contributed by atoms with Crippen molar-refractivity contribution in [3.05, 3.63) is 0 Å². The summed E-state index contributed by atoms with van der Waals surface area (Å²) in [5.74, 6) is 3.62. The van der Waals surface area contributed by atoms with Gasteiger partial charge in [0.2, 0.25) is 0 Å². The zero-order valence-electron chi connectivity index (χ0n) is 8.33. The molecule has 76 valence electrons. The van der Waals surface area contributed by atoms with Gasteiger partial charge < -0.3 is 5.73 Å². The highest BCUT2D eigenvalue weighted by Gasteiger charge is 2.60. The van der Waals surface area contributed by atoms with E-state index in [0.29, 0.717) is 0 Å². The summed E-state index contributed by atoms with van der Waals surface area (Å²) in [6.45, 7) is 2.38. The molecular formula is C11H20ClN. The van der Waals surface area contributed by atoms with Gasteiger partial charge in [-0.2, -0.15) is 0 Å². The molecule has 3 saturated carbocycles. The topological polar surface area (TPSA) is 26.0 Å². The Morgan fingerprint density at radius 2 is 1.92 bits per heavy atom. The van der Waals surface area contributed by atoms with Crippen molar-refractivity contribution in [1.82, 2.24) is 0 Å². The minimum atomic E-state index is 0. The first-order valence-electron chi connectivity index (χ1n) is 5.51. The van der Waals surface area contributed by atoms with Gasteiger partial charge in [-0.3, -0.25) is 0 Å². The van der Waals surface area contributed by atoms with Crippen LogP contribution in [-0.2, 0) is 0 Å². The van der Waals surface area contributed by atoms with Gasteiger partial charge >= 0.3 is 0 Å². The van der Waals surface area contributed by atoms with Gasteiger partial charge in [-0.1, -0.05) is 6.92 Å². The van der Waals surface area contributed by atoms with Crippen molar-refractivity contribution in [2.75, 3.05) is 0 Å². The summed E-state index contributed by atoms with van der Waals surface area (Å²) >= 11 is 0. The van der Waals surface area contributed by atoms with Crippen molar-refractivity contribution in [1.29, 1.82) is 0 Å². The van der Waals surface area contributed by atoms with Crippen LogP contribution < -0.4 is 5.73 Å². The molecule has 2 bridgehead atoms. The van der Waals surface area contributed by atoms with Crippen LogP contribution in [0.3, 0.4) is 0 Å². The highest BCUT2D eigenvalue weighted by Crippen LogP contribution is 2.61. The van der Waals surface area contributed by atoms with Gasteiger partial charge in [0.1, 0.15) is 0 Å². The zero-order valence-corrected chi connectivity index (χ0v) is 9.15. The van der Waals surface area contributed by atoms with Gasteiger partial charge in [-0.25, -0.2) is 0 Å². The fraction of sp³-hybridized carbons (Fsp3) is 1.00. The van der Waals surface area contributed by atoms with Crippen LogP contribution in [0.2, 0.25) is 0 Å². The summed E-state index contributed by atoms with van der Waals surface area (Å²) < 4.78 is 0. The average Bonchev–Trinajstić information content (AvgIpc) is 2.65. The molecule has 0 aromatic heterocycles. The third kappa shape index (κ3) is 0.979. The maximum atomic E-state index is 6.59. The Balaban J connectivity index is 0.000000653. The number of hydrogen-bond acceptors (Lipinski definition) is 1. The lowest BCUT2D eigenvalue weighted by molar-refractivity contribution is 0.169. The van der Waals surface area contributed by atoms with Crippen LogP contribution in [0.4, 0.5) is 0 Å². The monoisotopic (exact) mass is 201 g/mol. The van der Waals surface area contributed by atoms with E-state index in [0.717, 1.165) is 23.7 Å². The molecule has 3 aliphatic carbocycles. The van der Waals surface area contributed by atoms with Crippen molar-refractivity contribution in [3.8, 4) is 0 Å². The predicted molar refractivity (Wildman–Crippen MR) is 56.9 cm³/mol. The molecule has 0 aromatic carbocycles. The molecule has 2 heteroatoms. The smallest absolute Gasteiger partial charge is 0.0240 e. The number of fused-ring (bicyclic) bond motifs is 5. The molecular weight excluding hydrogens is 182 g/mol. The van der Waals surface area contributed by atoms with Crippen LogP contribution >= 0.6 is 12.4 Å². The van der Waals surface area contributed by atoms with Crippen LogP contribution in [0.15, 0.2) is 0 Å². The molecule has 0 aliphatic heterocycles. The van der Waals surface area contributed by atoms with Crippen molar-refractivity contribution in [3.63, 3.8) is 0 Å². The standard InChI is InChI=1S/C11H19N.ClH/c1-7-2-5-10-8-3-4-9(6-8)11(7,10)12;/h7-10H,2-6,12H2,1H3;1H. The molecule has 3 aliphatic rings.